The highest BCUT2D eigenvalue weighted by Gasteiger charge is 2.60. The van der Waals surface area contributed by atoms with Gasteiger partial charge in [-0.3, -0.25) is 4.79 Å². The van der Waals surface area contributed by atoms with E-state index in [4.69, 9.17) is 0 Å². The normalized spacial score (nSPS) is 38.7. The van der Waals surface area contributed by atoms with Gasteiger partial charge in [-0.2, -0.15) is 0 Å². The van der Waals surface area contributed by atoms with E-state index in [0.717, 1.165) is 31.1 Å². The first kappa shape index (κ1) is 14.0. The Balaban J connectivity index is 1.69. The van der Waals surface area contributed by atoms with Crippen LogP contribution in [0.4, 0.5) is 0 Å². The molecule has 0 aliphatic heterocycles. The number of nitrogens with one attached hydrogen (secondary N) is 1. The third-order valence-corrected chi connectivity index (χ3v) is 6.34. The second-order valence-electron chi connectivity index (χ2n) is 7.89. The second-order valence-corrected chi connectivity index (χ2v) is 7.89. The largest absolute Gasteiger partial charge is 0.352 e. The average molecular weight is 295 g/mol. The van der Waals surface area contributed by atoms with Crippen molar-refractivity contribution in [2.24, 2.45) is 17.3 Å². The van der Waals surface area contributed by atoms with Crippen LogP contribution >= 0.6 is 0 Å². The molecule has 1 amide bonds. The summed E-state index contributed by atoms with van der Waals surface area (Å²) in [6.45, 7) is 4.32. The van der Waals surface area contributed by atoms with Crippen molar-refractivity contribution in [2.75, 3.05) is 6.54 Å². The lowest BCUT2D eigenvalue weighted by Crippen LogP contribution is -2.59. The monoisotopic (exact) mass is 295 g/mol. The first-order valence-electron chi connectivity index (χ1n) is 8.61. The first-order valence-corrected chi connectivity index (χ1v) is 8.61. The van der Waals surface area contributed by atoms with Crippen molar-refractivity contribution in [1.82, 2.24) is 5.32 Å². The molecule has 0 spiro atoms. The molecular formula is C20H25NO. The quantitative estimate of drug-likeness (QED) is 0.840. The van der Waals surface area contributed by atoms with E-state index < -0.39 is 0 Å². The van der Waals surface area contributed by atoms with Gasteiger partial charge in [0.25, 0.3) is 0 Å². The summed E-state index contributed by atoms with van der Waals surface area (Å²) in [5, 5.41) is 3.10. The molecule has 2 nitrogen and oxygen atoms in total. The van der Waals surface area contributed by atoms with Crippen LogP contribution in [-0.2, 0) is 10.2 Å². The molecule has 2 unspecified atom stereocenters. The molecular weight excluding hydrogens is 270 g/mol. The van der Waals surface area contributed by atoms with Crippen LogP contribution in [0.3, 0.4) is 0 Å². The first-order chi connectivity index (χ1) is 10.7. The minimum Gasteiger partial charge on any atom is -0.352 e. The molecule has 1 aromatic rings. The zero-order chi connectivity index (χ0) is 15.2. The van der Waals surface area contributed by atoms with Crippen LogP contribution in [0.25, 0.3) is 0 Å². The molecule has 0 radical (unpaired) electrons. The fraction of sp³-hybridized carbons (Fsp3) is 0.550. The summed E-state index contributed by atoms with van der Waals surface area (Å²) in [5.41, 5.74) is 1.59. The lowest BCUT2D eigenvalue weighted by Gasteiger charge is -2.61. The number of hydrogen-bond donors (Lipinski definition) is 1. The van der Waals surface area contributed by atoms with Gasteiger partial charge < -0.3 is 5.32 Å². The highest BCUT2D eigenvalue weighted by Crippen LogP contribution is 2.65. The van der Waals surface area contributed by atoms with Crippen molar-refractivity contribution in [3.63, 3.8) is 0 Å². The third kappa shape index (κ3) is 2.04. The Hall–Kier alpha value is -1.57. The maximum Gasteiger partial charge on any atom is 0.226 e. The molecule has 4 aliphatic rings. The van der Waals surface area contributed by atoms with E-state index in [9.17, 15) is 4.79 Å². The van der Waals surface area contributed by atoms with Gasteiger partial charge in [-0.15, -0.1) is 6.58 Å². The summed E-state index contributed by atoms with van der Waals surface area (Å²) in [5.74, 6) is 1.74. The molecule has 1 N–H and O–H groups in total. The van der Waals surface area contributed by atoms with E-state index in [0.29, 0.717) is 6.54 Å². The Morgan fingerprint density at radius 3 is 2.50 bits per heavy atom. The van der Waals surface area contributed by atoms with Gasteiger partial charge in [0, 0.05) is 6.54 Å². The van der Waals surface area contributed by atoms with Gasteiger partial charge in [0.1, 0.15) is 0 Å². The summed E-state index contributed by atoms with van der Waals surface area (Å²) in [6, 6.07) is 11.0. The number of rotatable bonds is 4. The minimum absolute atomic E-state index is 0.122. The second kappa shape index (κ2) is 4.97. The molecule has 4 saturated carbocycles. The summed E-state index contributed by atoms with van der Waals surface area (Å²) in [4.78, 5) is 12.9. The molecule has 2 atom stereocenters. The van der Waals surface area contributed by atoms with Crippen LogP contribution in [0.5, 0.6) is 0 Å². The predicted molar refractivity (Wildman–Crippen MR) is 88.4 cm³/mol. The zero-order valence-corrected chi connectivity index (χ0v) is 13.2. The SMILES string of the molecule is C=CCNC(=O)C12CC3CC(C1)CC(c1ccccc1)(C3)C2. The summed E-state index contributed by atoms with van der Waals surface area (Å²) >= 11 is 0. The maximum atomic E-state index is 12.9. The maximum absolute atomic E-state index is 12.9. The van der Waals surface area contributed by atoms with Crippen molar-refractivity contribution >= 4 is 5.91 Å². The van der Waals surface area contributed by atoms with Crippen LogP contribution in [0.1, 0.15) is 44.1 Å². The number of carbonyl (C=O) groups excluding carboxylic acids is 1. The van der Waals surface area contributed by atoms with E-state index in [1.54, 1.807) is 6.08 Å². The Morgan fingerprint density at radius 1 is 1.18 bits per heavy atom. The van der Waals surface area contributed by atoms with Gasteiger partial charge in [0.2, 0.25) is 5.91 Å². The lowest BCUT2D eigenvalue weighted by molar-refractivity contribution is -0.148. The number of carbonyl (C=O) groups is 1. The van der Waals surface area contributed by atoms with E-state index in [-0.39, 0.29) is 16.7 Å². The standard InChI is InChI=1S/C20H25NO/c1-2-8-21-18(22)20-12-15-9-16(13-20)11-19(10-15,14-20)17-6-4-3-5-7-17/h2-7,15-16H,1,8-14H2,(H,21,22). The molecule has 116 valence electrons. The Kier molecular flexibility index (Phi) is 3.18. The Morgan fingerprint density at radius 2 is 1.86 bits per heavy atom. The summed E-state index contributed by atoms with van der Waals surface area (Å²) in [6.07, 6.45) is 8.92. The highest BCUT2D eigenvalue weighted by molar-refractivity contribution is 5.83. The number of benzene rings is 1. The predicted octanol–water partition coefficient (Wildman–Crippen LogP) is 3.83. The Labute approximate surface area is 133 Å². The molecule has 4 aliphatic carbocycles. The number of hydrogen-bond acceptors (Lipinski definition) is 1. The molecule has 2 heteroatoms. The van der Waals surface area contributed by atoms with Gasteiger partial charge in [-0.1, -0.05) is 36.4 Å². The van der Waals surface area contributed by atoms with E-state index in [1.165, 1.54) is 24.8 Å². The summed E-state index contributed by atoms with van der Waals surface area (Å²) in [7, 11) is 0. The van der Waals surface area contributed by atoms with Crippen LogP contribution in [-0.4, -0.2) is 12.5 Å². The smallest absolute Gasteiger partial charge is 0.226 e. The zero-order valence-electron chi connectivity index (χ0n) is 13.2. The van der Waals surface area contributed by atoms with Crippen molar-refractivity contribution in [2.45, 2.75) is 43.9 Å². The van der Waals surface area contributed by atoms with Gasteiger partial charge in [0.15, 0.2) is 0 Å². The molecule has 0 heterocycles. The van der Waals surface area contributed by atoms with Crippen molar-refractivity contribution in [3.8, 4) is 0 Å². The van der Waals surface area contributed by atoms with Gasteiger partial charge >= 0.3 is 0 Å². The Bertz CT molecular complexity index is 577. The topological polar surface area (TPSA) is 29.1 Å². The molecule has 1 aromatic carbocycles. The molecule has 4 fully saturated rings. The van der Waals surface area contributed by atoms with Gasteiger partial charge in [0.05, 0.1) is 5.41 Å². The minimum atomic E-state index is -0.122. The van der Waals surface area contributed by atoms with Gasteiger partial charge in [-0.25, -0.2) is 0 Å². The van der Waals surface area contributed by atoms with E-state index in [2.05, 4.69) is 42.2 Å². The van der Waals surface area contributed by atoms with Crippen LogP contribution in [0.15, 0.2) is 43.0 Å². The van der Waals surface area contributed by atoms with Crippen LogP contribution < -0.4 is 5.32 Å². The van der Waals surface area contributed by atoms with Crippen molar-refractivity contribution in [1.29, 1.82) is 0 Å². The molecule has 4 bridgehead atoms. The van der Waals surface area contributed by atoms with E-state index in [1.807, 2.05) is 0 Å². The van der Waals surface area contributed by atoms with Crippen molar-refractivity contribution in [3.05, 3.63) is 48.6 Å². The van der Waals surface area contributed by atoms with E-state index >= 15 is 0 Å². The highest BCUT2D eigenvalue weighted by atomic mass is 16.2. The summed E-state index contributed by atoms with van der Waals surface area (Å²) < 4.78 is 0. The molecule has 0 saturated heterocycles. The molecule has 5 rings (SSSR count). The van der Waals surface area contributed by atoms with Crippen LogP contribution in [0, 0.1) is 17.3 Å². The lowest BCUT2D eigenvalue weighted by atomic mass is 9.42. The number of amides is 1. The molecule has 22 heavy (non-hydrogen) atoms. The fourth-order valence-corrected chi connectivity index (χ4v) is 6.01. The third-order valence-electron chi connectivity index (χ3n) is 6.34. The average Bonchev–Trinajstić information content (AvgIpc) is 2.52. The molecule has 0 aromatic heterocycles. The fourth-order valence-electron chi connectivity index (χ4n) is 6.01. The van der Waals surface area contributed by atoms with Crippen molar-refractivity contribution < 1.29 is 4.79 Å². The van der Waals surface area contributed by atoms with Gasteiger partial charge in [-0.05, 0) is 61.3 Å². The van der Waals surface area contributed by atoms with Crippen LogP contribution in [0.2, 0.25) is 0 Å².